The molecule has 0 aliphatic heterocycles. The maximum Gasteiger partial charge on any atom is 0.227 e. The number of allylic oxidation sites excluding steroid dienone is 1. The number of hydrogen-bond acceptors (Lipinski definition) is 2. The van der Waals surface area contributed by atoms with Crippen LogP contribution in [0.5, 0.6) is 0 Å². The third-order valence-electron chi connectivity index (χ3n) is 4.90. The van der Waals surface area contributed by atoms with Crippen LogP contribution in [0.2, 0.25) is 0 Å². The number of amides is 1. The van der Waals surface area contributed by atoms with Gasteiger partial charge in [0.2, 0.25) is 5.91 Å². The maximum absolute atomic E-state index is 12.7. The molecule has 0 bridgehead atoms. The van der Waals surface area contributed by atoms with Gasteiger partial charge in [-0.1, -0.05) is 84.6 Å². The van der Waals surface area contributed by atoms with Crippen LogP contribution in [0.25, 0.3) is 0 Å². The Morgan fingerprint density at radius 3 is 1.88 bits per heavy atom. The summed E-state index contributed by atoms with van der Waals surface area (Å²) in [6, 6.07) is 0. The van der Waals surface area contributed by atoms with Crippen molar-refractivity contribution in [2.45, 2.75) is 111 Å². The zero-order valence-corrected chi connectivity index (χ0v) is 17.5. The second kappa shape index (κ2) is 17.1. The minimum atomic E-state index is 0. The highest BCUT2D eigenvalue weighted by Gasteiger charge is 2.18. The Morgan fingerprint density at radius 2 is 1.38 bits per heavy atom. The van der Waals surface area contributed by atoms with Crippen LogP contribution in [0.4, 0.5) is 0 Å². The molecule has 0 saturated heterocycles. The van der Waals surface area contributed by atoms with Gasteiger partial charge in [0.05, 0.1) is 5.70 Å². The molecule has 3 heteroatoms. The lowest BCUT2D eigenvalue weighted by Crippen LogP contribution is -2.30. The first-order chi connectivity index (χ1) is 12.5. The summed E-state index contributed by atoms with van der Waals surface area (Å²) in [6.45, 7) is 9.66. The lowest BCUT2D eigenvalue weighted by Gasteiger charge is -2.17. The molecule has 152 valence electrons. The Balaban J connectivity index is 0. The predicted molar refractivity (Wildman–Crippen MR) is 113 cm³/mol. The van der Waals surface area contributed by atoms with Crippen molar-refractivity contribution in [1.82, 2.24) is 5.32 Å². The van der Waals surface area contributed by atoms with E-state index >= 15 is 0 Å². The van der Waals surface area contributed by atoms with Gasteiger partial charge in [0.1, 0.15) is 5.78 Å². The number of hydrogen-bond donors (Lipinski definition) is 1. The first kappa shape index (κ1) is 24.7. The second-order valence-electron chi connectivity index (χ2n) is 7.45. The molecule has 0 rings (SSSR count). The maximum atomic E-state index is 12.7. The molecule has 1 unspecified atom stereocenters. The number of rotatable bonds is 17. The van der Waals surface area contributed by atoms with Crippen molar-refractivity contribution < 1.29 is 11.0 Å². The zero-order valence-electron chi connectivity index (χ0n) is 17.5. The number of carbonyl (C=O) groups is 2. The predicted octanol–water partition coefficient (Wildman–Crippen LogP) is 6.72. The smallest absolute Gasteiger partial charge is 0.227 e. The number of Topliss-reactive ketones (excluding diaryl/α,β-unsaturated/α-hetero) is 1. The van der Waals surface area contributed by atoms with E-state index in [1.54, 1.807) is 6.92 Å². The fraction of sp³-hybridized carbons (Fsp3) is 0.783. The summed E-state index contributed by atoms with van der Waals surface area (Å²) in [4.78, 5) is 23.9. The van der Waals surface area contributed by atoms with Crippen molar-refractivity contribution in [3.05, 3.63) is 18.0 Å². The van der Waals surface area contributed by atoms with Crippen LogP contribution in [0, 0.1) is 5.92 Å². The van der Waals surface area contributed by atoms with E-state index in [2.05, 4.69) is 31.5 Å². The molecule has 0 fully saturated rings. The second-order valence-corrected chi connectivity index (χ2v) is 7.45. The minimum absolute atomic E-state index is 0. The molecule has 0 aliphatic carbocycles. The first-order valence-electron chi connectivity index (χ1n) is 10.7. The number of carbonyl (C=O) groups excluding carboxylic acids is 2. The largest absolute Gasteiger partial charge is 0.323 e. The van der Waals surface area contributed by atoms with Crippen LogP contribution in [0.15, 0.2) is 18.0 Å². The van der Waals surface area contributed by atoms with Crippen molar-refractivity contribution in [3.8, 4) is 0 Å². The molecule has 26 heavy (non-hydrogen) atoms. The quantitative estimate of drug-likeness (QED) is 0.229. The normalized spacial score (nSPS) is 11.7. The Kier molecular flexibility index (Phi) is 16.2. The topological polar surface area (TPSA) is 46.2 Å². The van der Waals surface area contributed by atoms with Gasteiger partial charge < -0.3 is 10.1 Å². The van der Waals surface area contributed by atoms with Gasteiger partial charge in [-0.05, 0) is 19.8 Å². The van der Waals surface area contributed by atoms with Crippen molar-refractivity contribution in [2.24, 2.45) is 5.92 Å². The molecule has 0 saturated carbocycles. The van der Waals surface area contributed by atoms with Crippen LogP contribution in [-0.2, 0) is 9.59 Å². The van der Waals surface area contributed by atoms with Gasteiger partial charge in [-0.15, -0.1) is 5.73 Å². The Bertz CT molecular complexity index is 442. The molecule has 0 radical (unpaired) electrons. The summed E-state index contributed by atoms with van der Waals surface area (Å²) in [7, 11) is 0. The summed E-state index contributed by atoms with van der Waals surface area (Å²) in [6.07, 6.45) is 15.1. The molecule has 0 aromatic carbocycles. The highest BCUT2D eigenvalue weighted by Crippen LogP contribution is 2.20. The van der Waals surface area contributed by atoms with Crippen molar-refractivity contribution in [3.63, 3.8) is 0 Å². The monoisotopic (exact) mass is 365 g/mol. The summed E-state index contributed by atoms with van der Waals surface area (Å²) in [5, 5.41) is 2.98. The van der Waals surface area contributed by atoms with Crippen LogP contribution < -0.4 is 5.32 Å². The molecule has 3 nitrogen and oxygen atoms in total. The third-order valence-corrected chi connectivity index (χ3v) is 4.90. The Morgan fingerprint density at radius 1 is 0.885 bits per heavy atom. The van der Waals surface area contributed by atoms with Gasteiger partial charge in [0.15, 0.2) is 0 Å². The molecule has 1 N–H and O–H groups in total. The molecule has 1 atom stereocenters. The number of ketones is 1. The van der Waals surface area contributed by atoms with Gasteiger partial charge in [0, 0.05) is 20.2 Å². The molecule has 0 aromatic heterocycles. The van der Waals surface area contributed by atoms with Gasteiger partial charge in [-0.25, -0.2) is 0 Å². The fourth-order valence-electron chi connectivity index (χ4n) is 3.14. The van der Waals surface area contributed by atoms with E-state index in [0.717, 1.165) is 25.7 Å². The van der Waals surface area contributed by atoms with Crippen LogP contribution in [-0.4, -0.2) is 11.7 Å². The first-order valence-corrected chi connectivity index (χ1v) is 10.7. The van der Waals surface area contributed by atoms with E-state index in [1.807, 2.05) is 0 Å². The molecule has 0 spiro atoms. The highest BCUT2D eigenvalue weighted by molar-refractivity contribution is 5.80. The van der Waals surface area contributed by atoms with E-state index in [1.165, 1.54) is 51.4 Å². The van der Waals surface area contributed by atoms with Gasteiger partial charge in [-0.3, -0.25) is 4.79 Å². The molecular formula is C23H43NO2. The third kappa shape index (κ3) is 13.9. The van der Waals surface area contributed by atoms with E-state index in [0.29, 0.717) is 18.5 Å². The summed E-state index contributed by atoms with van der Waals surface area (Å²) >= 11 is 0. The zero-order chi connectivity index (χ0) is 19.6. The van der Waals surface area contributed by atoms with Crippen molar-refractivity contribution in [2.75, 3.05) is 0 Å². The lowest BCUT2D eigenvalue weighted by molar-refractivity contribution is -0.125. The van der Waals surface area contributed by atoms with Crippen LogP contribution in [0.1, 0.15) is 112 Å². The summed E-state index contributed by atoms with van der Waals surface area (Å²) < 4.78 is 0. The van der Waals surface area contributed by atoms with Crippen LogP contribution in [0.3, 0.4) is 0 Å². The van der Waals surface area contributed by atoms with E-state index in [9.17, 15) is 9.59 Å². The highest BCUT2D eigenvalue weighted by atomic mass is 16.2. The fourth-order valence-corrected chi connectivity index (χ4v) is 3.14. The molecule has 0 heterocycles. The summed E-state index contributed by atoms with van der Waals surface area (Å²) in [5.41, 5.74) is 3.45. The van der Waals surface area contributed by atoms with Crippen molar-refractivity contribution >= 4 is 11.7 Å². The molecular weight excluding hydrogens is 322 g/mol. The SMILES string of the molecule is C=C=C(CCC(C)=O)NC(=O)C(CCCCCC)CCCCCCCC.[HH]. The molecule has 0 aromatic rings. The van der Waals surface area contributed by atoms with Gasteiger partial charge >= 0.3 is 0 Å². The molecule has 0 aliphatic rings. The van der Waals surface area contributed by atoms with Crippen molar-refractivity contribution in [1.29, 1.82) is 0 Å². The average Bonchev–Trinajstić information content (AvgIpc) is 2.62. The van der Waals surface area contributed by atoms with Crippen LogP contribution >= 0.6 is 0 Å². The molecule has 1 amide bonds. The van der Waals surface area contributed by atoms with Gasteiger partial charge in [0.25, 0.3) is 0 Å². The van der Waals surface area contributed by atoms with Gasteiger partial charge in [-0.2, -0.15) is 0 Å². The Hall–Kier alpha value is -1.34. The number of unbranched alkanes of at least 4 members (excludes halogenated alkanes) is 8. The lowest BCUT2D eigenvalue weighted by atomic mass is 9.93. The Labute approximate surface area is 163 Å². The number of nitrogens with one attached hydrogen (secondary N) is 1. The van der Waals surface area contributed by atoms with E-state index in [-0.39, 0.29) is 19.0 Å². The standard InChI is InChI=1S/C23H41NO2.H2/c1-5-8-10-12-13-15-17-21(16-14-11-9-6-2)23(26)24-22(7-3)19-18-20(4)25;/h21H,3,5-6,8-19H2,1-2,4H3,(H,24,26);1H. The van der Waals surface area contributed by atoms with E-state index < -0.39 is 0 Å². The summed E-state index contributed by atoms with van der Waals surface area (Å²) in [5.74, 6) is 0.277. The minimum Gasteiger partial charge on any atom is -0.323 e. The average molecular weight is 366 g/mol. The van der Waals surface area contributed by atoms with E-state index in [4.69, 9.17) is 0 Å².